The summed E-state index contributed by atoms with van der Waals surface area (Å²) in [7, 11) is 1.50. The molecule has 0 fully saturated rings. The van der Waals surface area contributed by atoms with Crippen molar-refractivity contribution in [3.8, 4) is 0 Å². The van der Waals surface area contributed by atoms with Crippen LogP contribution in [0.4, 0.5) is 15.8 Å². The van der Waals surface area contributed by atoms with Crippen molar-refractivity contribution in [1.82, 2.24) is 0 Å². The van der Waals surface area contributed by atoms with Crippen LogP contribution in [0.3, 0.4) is 0 Å². The smallest absolute Gasteiger partial charge is 0.294 e. The van der Waals surface area contributed by atoms with Crippen LogP contribution >= 0.6 is 11.6 Å². The van der Waals surface area contributed by atoms with Gasteiger partial charge in [0.05, 0.1) is 16.6 Å². The number of methoxy groups -OCH3 is 1. The number of nitrogens with one attached hydrogen (secondary N) is 1. The Morgan fingerprint density at radius 1 is 1.62 bits per heavy atom. The fraction of sp³-hybridized carbons (Fsp3) is 0.333. The average molecular weight is 249 g/mol. The molecule has 0 aliphatic heterocycles. The number of nitro benzene ring substituents is 1. The van der Waals surface area contributed by atoms with Gasteiger partial charge in [-0.15, -0.1) is 0 Å². The summed E-state index contributed by atoms with van der Waals surface area (Å²) < 4.78 is 17.9. The van der Waals surface area contributed by atoms with Gasteiger partial charge in [0.1, 0.15) is 11.5 Å². The van der Waals surface area contributed by atoms with Crippen molar-refractivity contribution in [1.29, 1.82) is 0 Å². The maximum atomic E-state index is 13.1. The third-order valence-electron chi connectivity index (χ3n) is 1.86. The highest BCUT2D eigenvalue weighted by molar-refractivity contribution is 6.31. The van der Waals surface area contributed by atoms with Crippen LogP contribution in [0, 0.1) is 15.9 Å². The Morgan fingerprint density at radius 2 is 2.31 bits per heavy atom. The van der Waals surface area contributed by atoms with Gasteiger partial charge in [0.2, 0.25) is 0 Å². The topological polar surface area (TPSA) is 64.4 Å². The molecule has 88 valence electrons. The highest BCUT2D eigenvalue weighted by Crippen LogP contribution is 2.30. The van der Waals surface area contributed by atoms with E-state index in [1.807, 2.05) is 0 Å². The minimum absolute atomic E-state index is 0.0870. The molecule has 1 aromatic rings. The Hall–Kier alpha value is -1.40. The fourth-order valence-electron chi connectivity index (χ4n) is 1.12. The van der Waals surface area contributed by atoms with Crippen molar-refractivity contribution in [3.05, 3.63) is 33.1 Å². The second-order valence-corrected chi connectivity index (χ2v) is 3.37. The summed E-state index contributed by atoms with van der Waals surface area (Å²) in [5, 5.41) is 13.1. The molecular formula is C9H10ClFN2O3. The molecule has 1 aromatic carbocycles. The SMILES string of the molecule is COCCNc1cc(F)c(Cl)cc1[N+](=O)[O-]. The number of hydrogen-bond acceptors (Lipinski definition) is 4. The van der Waals surface area contributed by atoms with Gasteiger partial charge < -0.3 is 10.1 Å². The van der Waals surface area contributed by atoms with Crippen molar-refractivity contribution in [2.24, 2.45) is 0 Å². The molecule has 0 aliphatic carbocycles. The summed E-state index contributed by atoms with van der Waals surface area (Å²) in [6, 6.07) is 1.97. The van der Waals surface area contributed by atoms with E-state index in [0.717, 1.165) is 12.1 Å². The summed E-state index contributed by atoms with van der Waals surface area (Å²) in [6.45, 7) is 0.708. The Bertz CT molecular complexity index is 401. The van der Waals surface area contributed by atoms with Crippen molar-refractivity contribution >= 4 is 23.0 Å². The van der Waals surface area contributed by atoms with Crippen molar-refractivity contribution in [2.45, 2.75) is 0 Å². The van der Waals surface area contributed by atoms with Crippen LogP contribution in [-0.2, 0) is 4.74 Å². The van der Waals surface area contributed by atoms with Crippen LogP contribution in [0.2, 0.25) is 5.02 Å². The van der Waals surface area contributed by atoms with Crippen molar-refractivity contribution < 1.29 is 14.1 Å². The van der Waals surface area contributed by atoms with Gasteiger partial charge in [0.25, 0.3) is 5.69 Å². The van der Waals surface area contributed by atoms with E-state index in [1.54, 1.807) is 0 Å². The minimum Gasteiger partial charge on any atom is -0.383 e. The summed E-state index contributed by atoms with van der Waals surface area (Å²) in [6.07, 6.45) is 0. The molecule has 16 heavy (non-hydrogen) atoms. The van der Waals surface area contributed by atoms with Gasteiger partial charge in [0, 0.05) is 25.8 Å². The molecule has 0 saturated carbocycles. The van der Waals surface area contributed by atoms with Crippen LogP contribution in [0.25, 0.3) is 0 Å². The lowest BCUT2D eigenvalue weighted by atomic mass is 10.2. The molecule has 0 unspecified atom stereocenters. The first-order valence-electron chi connectivity index (χ1n) is 4.42. The van der Waals surface area contributed by atoms with Gasteiger partial charge in [-0.25, -0.2) is 4.39 Å². The number of benzene rings is 1. The van der Waals surface area contributed by atoms with Crippen LogP contribution in [-0.4, -0.2) is 25.2 Å². The van der Waals surface area contributed by atoms with Gasteiger partial charge in [-0.3, -0.25) is 10.1 Å². The molecule has 0 amide bonds. The first-order valence-corrected chi connectivity index (χ1v) is 4.80. The monoisotopic (exact) mass is 248 g/mol. The molecule has 0 spiro atoms. The van der Waals surface area contributed by atoms with Crippen LogP contribution < -0.4 is 5.32 Å². The summed E-state index contributed by atoms with van der Waals surface area (Å²) >= 11 is 5.46. The van der Waals surface area contributed by atoms with E-state index in [1.165, 1.54) is 7.11 Å². The number of rotatable bonds is 5. The highest BCUT2D eigenvalue weighted by atomic mass is 35.5. The fourth-order valence-corrected chi connectivity index (χ4v) is 1.27. The van der Waals surface area contributed by atoms with Crippen LogP contribution in [0.15, 0.2) is 12.1 Å². The molecule has 0 aromatic heterocycles. The molecule has 0 bridgehead atoms. The summed E-state index contributed by atoms with van der Waals surface area (Å²) in [4.78, 5) is 10.0. The highest BCUT2D eigenvalue weighted by Gasteiger charge is 2.17. The first kappa shape index (κ1) is 12.7. The third-order valence-corrected chi connectivity index (χ3v) is 2.15. The normalized spacial score (nSPS) is 10.2. The van der Waals surface area contributed by atoms with Gasteiger partial charge >= 0.3 is 0 Å². The summed E-state index contributed by atoms with van der Waals surface area (Å²) in [5.74, 6) is -0.702. The van der Waals surface area contributed by atoms with E-state index in [-0.39, 0.29) is 16.4 Å². The maximum absolute atomic E-state index is 13.1. The minimum atomic E-state index is -0.702. The van der Waals surface area contributed by atoms with E-state index in [4.69, 9.17) is 16.3 Å². The number of nitrogens with zero attached hydrogens (tertiary/aromatic N) is 1. The quantitative estimate of drug-likeness (QED) is 0.494. The van der Waals surface area contributed by atoms with E-state index >= 15 is 0 Å². The molecule has 5 nitrogen and oxygen atoms in total. The zero-order chi connectivity index (χ0) is 12.1. The predicted octanol–water partition coefficient (Wildman–Crippen LogP) is 2.45. The third kappa shape index (κ3) is 3.04. The van der Waals surface area contributed by atoms with E-state index < -0.39 is 10.7 Å². The Balaban J connectivity index is 2.95. The molecule has 0 saturated heterocycles. The predicted molar refractivity (Wildman–Crippen MR) is 58.4 cm³/mol. The molecule has 0 radical (unpaired) electrons. The van der Waals surface area contributed by atoms with E-state index in [9.17, 15) is 14.5 Å². The van der Waals surface area contributed by atoms with Crippen molar-refractivity contribution in [2.75, 3.05) is 25.6 Å². The van der Waals surface area contributed by atoms with Gasteiger partial charge in [0.15, 0.2) is 0 Å². The number of ether oxygens (including phenoxy) is 1. The molecule has 7 heteroatoms. The molecule has 0 aliphatic rings. The lowest BCUT2D eigenvalue weighted by molar-refractivity contribution is -0.384. The lowest BCUT2D eigenvalue weighted by Gasteiger charge is -2.07. The number of hydrogen-bond donors (Lipinski definition) is 1. The zero-order valence-corrected chi connectivity index (χ0v) is 9.25. The Labute approximate surface area is 96.3 Å². The molecule has 1 rings (SSSR count). The second-order valence-electron chi connectivity index (χ2n) is 2.96. The standard InChI is InChI=1S/C9H10ClFN2O3/c1-16-3-2-12-8-5-7(11)6(10)4-9(8)13(14)15/h4-5,12H,2-3H2,1H3. The molecular weight excluding hydrogens is 239 g/mol. The van der Waals surface area contributed by atoms with Crippen molar-refractivity contribution in [3.63, 3.8) is 0 Å². The van der Waals surface area contributed by atoms with Gasteiger partial charge in [-0.1, -0.05) is 11.6 Å². The number of nitro groups is 1. The molecule has 0 atom stereocenters. The van der Waals surface area contributed by atoms with Gasteiger partial charge in [-0.05, 0) is 0 Å². The van der Waals surface area contributed by atoms with Gasteiger partial charge in [-0.2, -0.15) is 0 Å². The molecule has 0 heterocycles. The first-order chi connectivity index (χ1) is 7.56. The number of anilines is 1. The summed E-state index contributed by atoms with van der Waals surface area (Å²) in [5.41, 5.74) is -0.175. The van der Waals surface area contributed by atoms with E-state index in [0.29, 0.717) is 13.2 Å². The lowest BCUT2D eigenvalue weighted by Crippen LogP contribution is -2.09. The Morgan fingerprint density at radius 3 is 2.88 bits per heavy atom. The number of halogens is 2. The largest absolute Gasteiger partial charge is 0.383 e. The van der Waals surface area contributed by atoms with Crippen LogP contribution in [0.1, 0.15) is 0 Å². The maximum Gasteiger partial charge on any atom is 0.294 e. The zero-order valence-electron chi connectivity index (χ0n) is 8.50. The van der Waals surface area contributed by atoms with Crippen LogP contribution in [0.5, 0.6) is 0 Å². The van der Waals surface area contributed by atoms with E-state index in [2.05, 4.69) is 5.32 Å². The second kappa shape index (κ2) is 5.62. The average Bonchev–Trinajstić information content (AvgIpc) is 2.23. The molecule has 1 N–H and O–H groups in total. The Kier molecular flexibility index (Phi) is 4.45.